The normalized spacial score (nSPS) is 9.88. The fourth-order valence-electron chi connectivity index (χ4n) is 1.53. The fraction of sp³-hybridized carbons (Fsp3) is 0. The molecule has 0 saturated heterocycles. The van der Waals surface area contributed by atoms with Gasteiger partial charge in [-0.3, -0.25) is 15.2 Å². The zero-order chi connectivity index (χ0) is 12.3. The second-order valence-electron chi connectivity index (χ2n) is 3.58. The van der Waals surface area contributed by atoms with Crippen LogP contribution in [0.2, 0.25) is 0 Å². The largest absolute Gasteiger partial charge is 0.398 e. The van der Waals surface area contributed by atoms with Crippen molar-refractivity contribution in [2.75, 3.05) is 5.73 Å². The number of carbonyl (C=O) groups excluding carboxylic acids is 1. The lowest BCUT2D eigenvalue weighted by Crippen LogP contribution is -2.06. The molecule has 0 spiro atoms. The van der Waals surface area contributed by atoms with Crippen LogP contribution in [0.15, 0.2) is 42.7 Å². The molecule has 0 amide bonds. The fourth-order valence-corrected chi connectivity index (χ4v) is 1.53. The number of carbonyl (C=O) groups is 1. The molecule has 1 aromatic heterocycles. The van der Waals surface area contributed by atoms with Crippen LogP contribution in [0.3, 0.4) is 0 Å². The number of benzene rings is 1. The number of rotatable bonds is 3. The number of hydrogen-bond donors (Lipinski definition) is 2. The smallest absolute Gasteiger partial charge is 0.150 e. The zero-order valence-electron chi connectivity index (χ0n) is 9.05. The van der Waals surface area contributed by atoms with E-state index in [-0.39, 0.29) is 5.71 Å². The average Bonchev–Trinajstić information content (AvgIpc) is 2.39. The van der Waals surface area contributed by atoms with E-state index in [2.05, 4.69) is 4.98 Å². The van der Waals surface area contributed by atoms with Crippen molar-refractivity contribution in [1.82, 2.24) is 4.98 Å². The number of nitrogens with zero attached hydrogens (tertiary/aromatic N) is 1. The van der Waals surface area contributed by atoms with E-state index in [1.807, 2.05) is 0 Å². The first-order valence-corrected chi connectivity index (χ1v) is 5.06. The van der Waals surface area contributed by atoms with Crippen LogP contribution >= 0.6 is 0 Å². The van der Waals surface area contributed by atoms with Gasteiger partial charge in [-0.15, -0.1) is 0 Å². The van der Waals surface area contributed by atoms with Gasteiger partial charge >= 0.3 is 0 Å². The standard InChI is InChI=1S/C13H11N3O/c14-12-4-3-9(8-17)6-11(12)13(15)10-2-1-5-16-7-10/h1-8,15H,14H2. The van der Waals surface area contributed by atoms with Gasteiger partial charge in [-0.1, -0.05) is 0 Å². The molecule has 0 aliphatic rings. The number of aromatic nitrogens is 1. The first kappa shape index (κ1) is 11.0. The van der Waals surface area contributed by atoms with Crippen molar-refractivity contribution >= 4 is 17.7 Å². The Morgan fingerprint density at radius 3 is 2.82 bits per heavy atom. The summed E-state index contributed by atoms with van der Waals surface area (Å²) in [6.07, 6.45) is 3.97. The number of nitrogens with one attached hydrogen (secondary N) is 1. The van der Waals surface area contributed by atoms with Crippen molar-refractivity contribution in [3.05, 3.63) is 59.4 Å². The van der Waals surface area contributed by atoms with Gasteiger partial charge in [-0.05, 0) is 30.3 Å². The first-order chi connectivity index (χ1) is 8.22. The van der Waals surface area contributed by atoms with Gasteiger partial charge in [0.25, 0.3) is 0 Å². The molecule has 0 fully saturated rings. The van der Waals surface area contributed by atoms with Crippen molar-refractivity contribution in [1.29, 1.82) is 5.41 Å². The molecule has 0 bridgehead atoms. The van der Waals surface area contributed by atoms with E-state index < -0.39 is 0 Å². The summed E-state index contributed by atoms with van der Waals surface area (Å²) in [5.41, 5.74) is 8.26. The van der Waals surface area contributed by atoms with Crippen LogP contribution in [-0.4, -0.2) is 17.0 Å². The third kappa shape index (κ3) is 2.20. The molecule has 2 rings (SSSR count). The molecular weight excluding hydrogens is 214 g/mol. The molecule has 4 heteroatoms. The predicted octanol–water partition coefficient (Wildman–Crippen LogP) is 1.89. The van der Waals surface area contributed by atoms with Crippen LogP contribution < -0.4 is 5.73 Å². The summed E-state index contributed by atoms with van der Waals surface area (Å²) in [6.45, 7) is 0. The highest BCUT2D eigenvalue weighted by Crippen LogP contribution is 2.17. The average molecular weight is 225 g/mol. The molecule has 4 nitrogen and oxygen atoms in total. The summed E-state index contributed by atoms with van der Waals surface area (Å²) in [5, 5.41) is 8.05. The summed E-state index contributed by atoms with van der Waals surface area (Å²) in [7, 11) is 0. The van der Waals surface area contributed by atoms with Crippen LogP contribution in [0, 0.1) is 5.41 Å². The van der Waals surface area contributed by atoms with Gasteiger partial charge in [0.1, 0.15) is 6.29 Å². The molecular formula is C13H11N3O. The zero-order valence-corrected chi connectivity index (χ0v) is 9.05. The lowest BCUT2D eigenvalue weighted by Gasteiger charge is -2.07. The third-order valence-corrected chi connectivity index (χ3v) is 2.43. The summed E-state index contributed by atoms with van der Waals surface area (Å²) in [5.74, 6) is 0. The van der Waals surface area contributed by atoms with Gasteiger partial charge in [0.15, 0.2) is 0 Å². The minimum absolute atomic E-state index is 0.263. The van der Waals surface area contributed by atoms with Crippen molar-refractivity contribution < 1.29 is 4.79 Å². The molecule has 2 aromatic rings. The maximum Gasteiger partial charge on any atom is 0.150 e. The highest BCUT2D eigenvalue weighted by atomic mass is 16.1. The molecule has 1 heterocycles. The van der Waals surface area contributed by atoms with Crippen LogP contribution in [0.4, 0.5) is 5.69 Å². The van der Waals surface area contributed by atoms with E-state index in [4.69, 9.17) is 11.1 Å². The number of hydrogen-bond acceptors (Lipinski definition) is 4. The Bertz CT molecular complexity index is 564. The lowest BCUT2D eigenvalue weighted by molar-refractivity contribution is 0.112. The highest BCUT2D eigenvalue weighted by Gasteiger charge is 2.09. The maximum atomic E-state index is 10.7. The monoisotopic (exact) mass is 225 g/mol. The Morgan fingerprint density at radius 1 is 1.35 bits per heavy atom. The van der Waals surface area contributed by atoms with Gasteiger partial charge in [0.05, 0.1) is 5.71 Å². The summed E-state index contributed by atoms with van der Waals surface area (Å²) in [6, 6.07) is 8.40. The predicted molar refractivity (Wildman–Crippen MR) is 66.4 cm³/mol. The first-order valence-electron chi connectivity index (χ1n) is 5.06. The second kappa shape index (κ2) is 4.57. The van der Waals surface area contributed by atoms with Crippen molar-refractivity contribution in [2.24, 2.45) is 0 Å². The second-order valence-corrected chi connectivity index (χ2v) is 3.58. The van der Waals surface area contributed by atoms with Gasteiger partial charge < -0.3 is 5.73 Å². The van der Waals surface area contributed by atoms with E-state index in [0.717, 1.165) is 6.29 Å². The molecule has 0 aliphatic heterocycles. The van der Waals surface area contributed by atoms with E-state index in [0.29, 0.717) is 22.4 Å². The summed E-state index contributed by atoms with van der Waals surface area (Å²) < 4.78 is 0. The van der Waals surface area contributed by atoms with Crippen LogP contribution in [0.25, 0.3) is 0 Å². The lowest BCUT2D eigenvalue weighted by atomic mass is 10.0. The third-order valence-electron chi connectivity index (χ3n) is 2.43. The minimum atomic E-state index is 0.263. The molecule has 0 radical (unpaired) electrons. The van der Waals surface area contributed by atoms with Crippen molar-refractivity contribution in [3.63, 3.8) is 0 Å². The Balaban J connectivity index is 2.47. The minimum Gasteiger partial charge on any atom is -0.398 e. The van der Waals surface area contributed by atoms with Gasteiger partial charge in [0.2, 0.25) is 0 Å². The van der Waals surface area contributed by atoms with Crippen molar-refractivity contribution in [3.8, 4) is 0 Å². The number of aldehydes is 1. The Hall–Kier alpha value is -2.49. The van der Waals surface area contributed by atoms with E-state index in [1.54, 1.807) is 42.7 Å². The Labute approximate surface area is 98.6 Å². The van der Waals surface area contributed by atoms with Gasteiger partial charge in [-0.2, -0.15) is 0 Å². The number of nitrogens with two attached hydrogens (primary N) is 1. The van der Waals surface area contributed by atoms with Crippen molar-refractivity contribution in [2.45, 2.75) is 0 Å². The summed E-state index contributed by atoms with van der Waals surface area (Å²) in [4.78, 5) is 14.7. The molecule has 17 heavy (non-hydrogen) atoms. The highest BCUT2D eigenvalue weighted by molar-refractivity contribution is 6.14. The van der Waals surface area contributed by atoms with Gasteiger partial charge in [0, 0.05) is 34.8 Å². The molecule has 0 aliphatic carbocycles. The van der Waals surface area contributed by atoms with Crippen LogP contribution in [0.5, 0.6) is 0 Å². The number of pyridine rings is 1. The molecule has 0 saturated carbocycles. The van der Waals surface area contributed by atoms with Crippen LogP contribution in [-0.2, 0) is 0 Å². The maximum absolute atomic E-state index is 10.7. The molecule has 1 aromatic carbocycles. The molecule has 84 valence electrons. The quantitative estimate of drug-likeness (QED) is 0.475. The topological polar surface area (TPSA) is 79.8 Å². The molecule has 0 atom stereocenters. The number of nitrogen functional groups attached to an aromatic ring is 1. The van der Waals surface area contributed by atoms with E-state index >= 15 is 0 Å². The SMILES string of the molecule is N=C(c1cccnc1)c1cc(C=O)ccc1N. The van der Waals surface area contributed by atoms with Gasteiger partial charge in [-0.25, -0.2) is 0 Å². The Morgan fingerprint density at radius 2 is 2.18 bits per heavy atom. The Kier molecular flexibility index (Phi) is 2.96. The van der Waals surface area contributed by atoms with E-state index in [1.165, 1.54) is 0 Å². The van der Waals surface area contributed by atoms with Crippen LogP contribution in [0.1, 0.15) is 21.5 Å². The molecule has 3 N–H and O–H groups in total. The summed E-state index contributed by atoms with van der Waals surface area (Å²) >= 11 is 0. The van der Waals surface area contributed by atoms with E-state index in [9.17, 15) is 4.79 Å². The molecule has 0 unspecified atom stereocenters. The number of anilines is 1.